The van der Waals surface area contributed by atoms with E-state index in [1.54, 1.807) is 37.3 Å². The Bertz CT molecular complexity index is 569. The molecule has 0 radical (unpaired) electrons. The summed E-state index contributed by atoms with van der Waals surface area (Å²) in [6, 6.07) is -0.0672. The Morgan fingerprint density at radius 2 is 2.05 bits per heavy atom. The van der Waals surface area contributed by atoms with E-state index in [1.165, 1.54) is 4.31 Å². The number of hydrogen-bond acceptors (Lipinski definition) is 5. The van der Waals surface area contributed by atoms with Gasteiger partial charge < -0.3 is 5.11 Å². The van der Waals surface area contributed by atoms with Crippen LogP contribution in [0.3, 0.4) is 0 Å². The van der Waals surface area contributed by atoms with Crippen LogP contribution in [0.25, 0.3) is 0 Å². The molecule has 21 heavy (non-hydrogen) atoms. The van der Waals surface area contributed by atoms with Crippen molar-refractivity contribution in [1.82, 2.24) is 14.1 Å². The number of aryl methyl sites for hydroxylation is 1. The molecule has 6 nitrogen and oxygen atoms in total. The fraction of sp³-hybridized carbons (Fsp3) is 0.769. The van der Waals surface area contributed by atoms with E-state index >= 15 is 0 Å². The predicted molar refractivity (Wildman–Crippen MR) is 86.2 cm³/mol. The first-order valence-corrected chi connectivity index (χ1v) is 9.72. The summed E-state index contributed by atoms with van der Waals surface area (Å²) < 4.78 is 28.6. The van der Waals surface area contributed by atoms with Crippen LogP contribution in [0, 0.1) is 13.8 Å². The van der Waals surface area contributed by atoms with Crippen LogP contribution in [0.4, 0.5) is 0 Å². The van der Waals surface area contributed by atoms with E-state index in [0.29, 0.717) is 17.9 Å². The fourth-order valence-electron chi connectivity index (χ4n) is 2.22. The molecule has 1 aromatic heterocycles. The fourth-order valence-corrected chi connectivity index (χ4v) is 4.55. The molecule has 1 rings (SSSR count). The van der Waals surface area contributed by atoms with Gasteiger partial charge in [-0.05, 0) is 39.2 Å². The van der Waals surface area contributed by atoms with Crippen LogP contribution in [0.2, 0.25) is 0 Å². The zero-order valence-electron chi connectivity index (χ0n) is 13.3. The molecular formula is C13H25N3O3S2. The second-order valence-electron chi connectivity index (χ2n) is 5.10. The van der Waals surface area contributed by atoms with Crippen molar-refractivity contribution in [2.45, 2.75) is 44.7 Å². The highest BCUT2D eigenvalue weighted by Crippen LogP contribution is 2.24. The molecular weight excluding hydrogens is 310 g/mol. The Balaban J connectivity index is 3.13. The summed E-state index contributed by atoms with van der Waals surface area (Å²) in [7, 11) is -1.95. The Kier molecular flexibility index (Phi) is 6.71. The molecule has 1 heterocycles. The molecule has 1 N–H and O–H groups in total. The molecule has 0 bridgehead atoms. The molecule has 0 aliphatic rings. The first-order chi connectivity index (χ1) is 9.77. The number of aliphatic hydroxyl groups is 1. The number of nitrogens with zero attached hydrogens (tertiary/aromatic N) is 3. The van der Waals surface area contributed by atoms with Crippen molar-refractivity contribution < 1.29 is 13.5 Å². The van der Waals surface area contributed by atoms with Crippen LogP contribution in [-0.2, 0) is 16.6 Å². The third-order valence-electron chi connectivity index (χ3n) is 3.62. The minimum atomic E-state index is -3.57. The highest BCUT2D eigenvalue weighted by atomic mass is 32.2. The minimum Gasteiger partial charge on any atom is -0.394 e. The molecule has 0 saturated carbocycles. The summed E-state index contributed by atoms with van der Waals surface area (Å²) >= 11 is 1.71. The smallest absolute Gasteiger partial charge is 0.246 e. The van der Waals surface area contributed by atoms with Gasteiger partial charge >= 0.3 is 0 Å². The quantitative estimate of drug-likeness (QED) is 0.774. The molecule has 0 aliphatic carbocycles. The first-order valence-electron chi connectivity index (χ1n) is 6.89. The summed E-state index contributed by atoms with van der Waals surface area (Å²) in [6.45, 7) is 5.56. The molecule has 1 unspecified atom stereocenters. The van der Waals surface area contributed by atoms with Crippen molar-refractivity contribution in [3.8, 4) is 0 Å². The maximum atomic E-state index is 12.8. The second kappa shape index (κ2) is 7.62. The first kappa shape index (κ1) is 18.5. The normalized spacial score (nSPS) is 13.9. The third kappa shape index (κ3) is 4.00. The van der Waals surface area contributed by atoms with Crippen LogP contribution in [0.5, 0.6) is 0 Å². The van der Waals surface area contributed by atoms with Gasteiger partial charge in [0.2, 0.25) is 10.0 Å². The van der Waals surface area contributed by atoms with Crippen LogP contribution >= 0.6 is 11.8 Å². The number of aliphatic hydroxyl groups excluding tert-OH is 1. The van der Waals surface area contributed by atoms with Gasteiger partial charge in [0.1, 0.15) is 4.90 Å². The molecule has 1 aromatic rings. The summed E-state index contributed by atoms with van der Waals surface area (Å²) in [5, 5.41) is 13.2. The van der Waals surface area contributed by atoms with Crippen LogP contribution in [0.1, 0.15) is 24.7 Å². The SMILES string of the molecule is CSCCC(C)N(C)S(=O)(=O)c1c(C)nn(CCO)c1C. The number of sulfonamides is 1. The van der Waals surface area contributed by atoms with Crippen molar-refractivity contribution in [2.75, 3.05) is 25.7 Å². The monoisotopic (exact) mass is 335 g/mol. The van der Waals surface area contributed by atoms with Gasteiger partial charge in [-0.1, -0.05) is 0 Å². The van der Waals surface area contributed by atoms with E-state index in [-0.39, 0.29) is 17.5 Å². The Labute approximate surface area is 131 Å². The molecule has 0 amide bonds. The van der Waals surface area contributed by atoms with E-state index < -0.39 is 10.0 Å². The molecule has 0 aliphatic heterocycles. The van der Waals surface area contributed by atoms with Crippen LogP contribution in [-0.4, -0.2) is 59.3 Å². The summed E-state index contributed by atoms with van der Waals surface area (Å²) in [4.78, 5) is 0.259. The van der Waals surface area contributed by atoms with Gasteiger partial charge in [0.05, 0.1) is 24.5 Å². The van der Waals surface area contributed by atoms with E-state index in [0.717, 1.165) is 12.2 Å². The van der Waals surface area contributed by atoms with Gasteiger partial charge in [0.15, 0.2) is 0 Å². The summed E-state index contributed by atoms with van der Waals surface area (Å²) in [5.74, 6) is 0.919. The maximum absolute atomic E-state index is 12.8. The largest absolute Gasteiger partial charge is 0.394 e. The van der Waals surface area contributed by atoms with E-state index in [4.69, 9.17) is 5.11 Å². The summed E-state index contributed by atoms with van der Waals surface area (Å²) in [5.41, 5.74) is 1.05. The Hall–Kier alpha value is -0.570. The average Bonchev–Trinajstić information content (AvgIpc) is 2.70. The molecule has 0 spiro atoms. The number of hydrogen-bond donors (Lipinski definition) is 1. The molecule has 0 aromatic carbocycles. The lowest BCUT2D eigenvalue weighted by atomic mass is 10.3. The molecule has 122 valence electrons. The maximum Gasteiger partial charge on any atom is 0.246 e. The topological polar surface area (TPSA) is 75.4 Å². The average molecular weight is 335 g/mol. The lowest BCUT2D eigenvalue weighted by Gasteiger charge is -2.24. The summed E-state index contributed by atoms with van der Waals surface area (Å²) in [6.07, 6.45) is 2.81. The number of thioether (sulfide) groups is 1. The Morgan fingerprint density at radius 1 is 1.43 bits per heavy atom. The van der Waals surface area contributed by atoms with Gasteiger partial charge in [0, 0.05) is 13.1 Å². The van der Waals surface area contributed by atoms with Gasteiger partial charge in [-0.15, -0.1) is 0 Å². The van der Waals surface area contributed by atoms with Gasteiger partial charge in [-0.3, -0.25) is 4.68 Å². The lowest BCUT2D eigenvalue weighted by molar-refractivity contribution is 0.267. The van der Waals surface area contributed by atoms with Gasteiger partial charge in [-0.2, -0.15) is 21.2 Å². The van der Waals surface area contributed by atoms with Crippen molar-refractivity contribution in [3.05, 3.63) is 11.4 Å². The van der Waals surface area contributed by atoms with E-state index in [2.05, 4.69) is 5.10 Å². The van der Waals surface area contributed by atoms with E-state index in [1.807, 2.05) is 13.2 Å². The molecule has 8 heteroatoms. The zero-order chi connectivity index (χ0) is 16.2. The zero-order valence-corrected chi connectivity index (χ0v) is 15.0. The van der Waals surface area contributed by atoms with E-state index in [9.17, 15) is 8.42 Å². The molecule has 0 fully saturated rings. The highest BCUT2D eigenvalue weighted by molar-refractivity contribution is 7.98. The van der Waals surface area contributed by atoms with Crippen molar-refractivity contribution in [3.63, 3.8) is 0 Å². The van der Waals surface area contributed by atoms with Crippen LogP contribution in [0.15, 0.2) is 4.90 Å². The lowest BCUT2D eigenvalue weighted by Crippen LogP contribution is -2.36. The van der Waals surface area contributed by atoms with Gasteiger partial charge in [0.25, 0.3) is 0 Å². The van der Waals surface area contributed by atoms with Crippen LogP contribution < -0.4 is 0 Å². The standard InChI is InChI=1S/C13H25N3O3S2/c1-10(6-9-20-5)15(4)21(18,19)13-11(2)14-16(7-8-17)12(13)3/h10,17H,6-9H2,1-5H3. The predicted octanol–water partition coefficient (Wildman–Crippen LogP) is 1.25. The van der Waals surface area contributed by atoms with Gasteiger partial charge in [-0.25, -0.2) is 8.42 Å². The van der Waals surface area contributed by atoms with Crippen molar-refractivity contribution in [1.29, 1.82) is 0 Å². The Morgan fingerprint density at radius 3 is 2.57 bits per heavy atom. The highest BCUT2D eigenvalue weighted by Gasteiger charge is 2.31. The van der Waals surface area contributed by atoms with Crippen molar-refractivity contribution >= 4 is 21.8 Å². The molecule has 1 atom stereocenters. The second-order valence-corrected chi connectivity index (χ2v) is 8.02. The molecule has 0 saturated heterocycles. The third-order valence-corrected chi connectivity index (χ3v) is 6.49. The van der Waals surface area contributed by atoms with Crippen molar-refractivity contribution in [2.24, 2.45) is 0 Å². The number of aromatic nitrogens is 2. The minimum absolute atomic E-state index is 0.0672. The number of rotatable bonds is 8.